The molecule has 44 valence electrons. The zero-order valence-corrected chi connectivity index (χ0v) is 5.52. The van der Waals surface area contributed by atoms with Crippen LogP contribution in [0.4, 0.5) is 0 Å². The lowest BCUT2D eigenvalue weighted by Crippen LogP contribution is -1.94. The van der Waals surface area contributed by atoms with Gasteiger partial charge in [0.25, 0.3) is 0 Å². The van der Waals surface area contributed by atoms with Crippen LogP contribution in [0, 0.1) is 5.92 Å². The monoisotopic (exact) mass is 108 g/mol. The summed E-state index contributed by atoms with van der Waals surface area (Å²) in [7, 11) is 0. The van der Waals surface area contributed by atoms with E-state index in [9.17, 15) is 0 Å². The predicted molar refractivity (Wildman–Crippen MR) is 36.7 cm³/mol. The number of hydrogen-bond acceptors (Lipinski definition) is 0. The van der Waals surface area contributed by atoms with Gasteiger partial charge in [-0.2, -0.15) is 0 Å². The lowest BCUT2D eigenvalue weighted by Gasteiger charge is -2.09. The first-order chi connectivity index (χ1) is 3.80. The van der Waals surface area contributed by atoms with Gasteiger partial charge in [-0.25, -0.2) is 0 Å². The lowest BCUT2D eigenvalue weighted by atomic mass is 9.97. The van der Waals surface area contributed by atoms with Crippen LogP contribution in [0.3, 0.4) is 0 Å². The van der Waals surface area contributed by atoms with Crippen molar-refractivity contribution >= 4 is 0 Å². The van der Waals surface area contributed by atoms with E-state index in [0.717, 1.165) is 6.42 Å². The van der Waals surface area contributed by atoms with Gasteiger partial charge in [-0.05, 0) is 19.3 Å². The van der Waals surface area contributed by atoms with Crippen LogP contribution in [0.2, 0.25) is 0 Å². The van der Waals surface area contributed by atoms with Crippen molar-refractivity contribution in [2.45, 2.75) is 20.3 Å². The van der Waals surface area contributed by atoms with Gasteiger partial charge in [0.2, 0.25) is 0 Å². The Kier molecular flexibility index (Phi) is 1.52. The highest BCUT2D eigenvalue weighted by molar-refractivity contribution is 5.16. The van der Waals surface area contributed by atoms with Crippen molar-refractivity contribution < 1.29 is 0 Å². The Morgan fingerprint density at radius 3 is 2.75 bits per heavy atom. The molecule has 0 amide bonds. The zero-order chi connectivity index (χ0) is 5.98. The first kappa shape index (κ1) is 5.61. The topological polar surface area (TPSA) is 0 Å². The highest BCUT2D eigenvalue weighted by Crippen LogP contribution is 2.16. The van der Waals surface area contributed by atoms with Crippen molar-refractivity contribution in [1.29, 1.82) is 0 Å². The molecule has 0 saturated carbocycles. The van der Waals surface area contributed by atoms with E-state index in [1.54, 1.807) is 0 Å². The fourth-order valence-electron chi connectivity index (χ4n) is 0.874. The van der Waals surface area contributed by atoms with Crippen molar-refractivity contribution in [3.8, 4) is 0 Å². The minimum Gasteiger partial charge on any atom is -0.0841 e. The Balaban J connectivity index is 2.63. The Morgan fingerprint density at radius 2 is 2.38 bits per heavy atom. The quantitative estimate of drug-likeness (QED) is 0.418. The summed E-state index contributed by atoms with van der Waals surface area (Å²) in [6, 6.07) is 0. The van der Waals surface area contributed by atoms with Gasteiger partial charge in [-0.1, -0.05) is 30.7 Å². The van der Waals surface area contributed by atoms with Gasteiger partial charge in [-0.15, -0.1) is 0 Å². The smallest absolute Gasteiger partial charge is 0.00542 e. The van der Waals surface area contributed by atoms with Crippen LogP contribution >= 0.6 is 0 Å². The Morgan fingerprint density at radius 1 is 1.62 bits per heavy atom. The molecule has 8 heavy (non-hydrogen) atoms. The van der Waals surface area contributed by atoms with Crippen LogP contribution in [0.15, 0.2) is 23.8 Å². The van der Waals surface area contributed by atoms with E-state index in [1.807, 2.05) is 0 Å². The van der Waals surface area contributed by atoms with Crippen molar-refractivity contribution in [3.63, 3.8) is 0 Å². The number of hydrogen-bond donors (Lipinski definition) is 0. The molecule has 0 fully saturated rings. The van der Waals surface area contributed by atoms with Crippen LogP contribution < -0.4 is 0 Å². The van der Waals surface area contributed by atoms with Crippen molar-refractivity contribution in [1.82, 2.24) is 0 Å². The van der Waals surface area contributed by atoms with Crippen molar-refractivity contribution in [3.05, 3.63) is 23.8 Å². The second kappa shape index (κ2) is 2.17. The van der Waals surface area contributed by atoms with Gasteiger partial charge in [0.15, 0.2) is 0 Å². The highest BCUT2D eigenvalue weighted by atomic mass is 14.1. The third-order valence-electron chi connectivity index (χ3n) is 1.72. The SMILES string of the molecule is CC1=CCC=CC1C. The fourth-order valence-corrected chi connectivity index (χ4v) is 0.874. The summed E-state index contributed by atoms with van der Waals surface area (Å²) in [6.45, 7) is 4.41. The Bertz CT molecular complexity index is 129. The van der Waals surface area contributed by atoms with Crippen LogP contribution in [0.1, 0.15) is 20.3 Å². The summed E-state index contributed by atoms with van der Waals surface area (Å²) in [6.07, 6.45) is 7.90. The Labute approximate surface area is 50.9 Å². The van der Waals surface area contributed by atoms with Gasteiger partial charge in [0.05, 0.1) is 0 Å². The van der Waals surface area contributed by atoms with Crippen molar-refractivity contribution in [2.24, 2.45) is 5.92 Å². The van der Waals surface area contributed by atoms with Gasteiger partial charge < -0.3 is 0 Å². The molecule has 0 N–H and O–H groups in total. The normalized spacial score (nSPS) is 27.8. The van der Waals surface area contributed by atoms with E-state index in [-0.39, 0.29) is 0 Å². The first-order valence-corrected chi connectivity index (χ1v) is 3.14. The molecule has 1 rings (SSSR count). The third kappa shape index (κ3) is 1.00. The summed E-state index contributed by atoms with van der Waals surface area (Å²) in [5.74, 6) is 0.684. The summed E-state index contributed by atoms with van der Waals surface area (Å²) < 4.78 is 0. The summed E-state index contributed by atoms with van der Waals surface area (Å²) in [4.78, 5) is 0. The third-order valence-corrected chi connectivity index (χ3v) is 1.72. The molecule has 0 nitrogen and oxygen atoms in total. The molecule has 0 bridgehead atoms. The van der Waals surface area contributed by atoms with E-state index in [4.69, 9.17) is 0 Å². The second-order valence-electron chi connectivity index (χ2n) is 2.40. The molecule has 0 heterocycles. The van der Waals surface area contributed by atoms with E-state index >= 15 is 0 Å². The molecule has 1 unspecified atom stereocenters. The number of rotatable bonds is 0. The molecule has 0 aromatic carbocycles. The van der Waals surface area contributed by atoms with E-state index in [2.05, 4.69) is 32.1 Å². The molecule has 0 aliphatic heterocycles. The minimum absolute atomic E-state index is 0.684. The van der Waals surface area contributed by atoms with E-state index in [0.29, 0.717) is 5.92 Å². The molecular formula is C8H12. The standard InChI is InChI=1S/C8H12/c1-7-5-3-4-6-8(7)2/h3,5-7H,4H2,1-2H3. The van der Waals surface area contributed by atoms with Crippen LogP contribution in [-0.4, -0.2) is 0 Å². The molecule has 0 heteroatoms. The summed E-state index contributed by atoms with van der Waals surface area (Å²) in [5.41, 5.74) is 1.51. The highest BCUT2D eigenvalue weighted by Gasteiger charge is 2.00. The van der Waals surface area contributed by atoms with Crippen LogP contribution in [0.5, 0.6) is 0 Å². The maximum absolute atomic E-state index is 2.28. The Hall–Kier alpha value is -0.520. The molecule has 0 aromatic heterocycles. The summed E-state index contributed by atoms with van der Waals surface area (Å²) >= 11 is 0. The molecule has 1 atom stereocenters. The molecular weight excluding hydrogens is 96.1 g/mol. The average molecular weight is 108 g/mol. The molecule has 1 aliphatic rings. The molecule has 0 aromatic rings. The van der Waals surface area contributed by atoms with E-state index < -0.39 is 0 Å². The van der Waals surface area contributed by atoms with Crippen LogP contribution in [-0.2, 0) is 0 Å². The van der Waals surface area contributed by atoms with Gasteiger partial charge in [-0.3, -0.25) is 0 Å². The molecule has 0 radical (unpaired) electrons. The molecule has 0 spiro atoms. The maximum atomic E-state index is 2.28. The maximum Gasteiger partial charge on any atom is -0.00542 e. The van der Waals surface area contributed by atoms with Gasteiger partial charge in [0, 0.05) is 0 Å². The average Bonchev–Trinajstić information content (AvgIpc) is 1.77. The predicted octanol–water partition coefficient (Wildman–Crippen LogP) is 2.53. The number of allylic oxidation sites excluding steroid dienone is 4. The van der Waals surface area contributed by atoms with Crippen LogP contribution in [0.25, 0.3) is 0 Å². The zero-order valence-electron chi connectivity index (χ0n) is 5.52. The lowest BCUT2D eigenvalue weighted by molar-refractivity contribution is 0.835. The second-order valence-corrected chi connectivity index (χ2v) is 2.40. The molecule has 1 aliphatic carbocycles. The largest absolute Gasteiger partial charge is 0.0841 e. The fraction of sp³-hybridized carbons (Fsp3) is 0.500. The summed E-state index contributed by atoms with van der Waals surface area (Å²) in [5, 5.41) is 0. The molecule has 0 saturated heterocycles. The minimum atomic E-state index is 0.684. The first-order valence-electron chi connectivity index (χ1n) is 3.14. The van der Waals surface area contributed by atoms with E-state index in [1.165, 1.54) is 5.57 Å². The van der Waals surface area contributed by atoms with Gasteiger partial charge >= 0.3 is 0 Å². The van der Waals surface area contributed by atoms with Gasteiger partial charge in [0.1, 0.15) is 0 Å². The van der Waals surface area contributed by atoms with Crippen molar-refractivity contribution in [2.75, 3.05) is 0 Å².